The molecule has 1 heterocycles. The molecule has 0 saturated heterocycles. The maximum atomic E-state index is 6.06. The second kappa shape index (κ2) is 5.76. The fourth-order valence-corrected chi connectivity index (χ4v) is 4.36. The second-order valence-corrected chi connectivity index (χ2v) is 6.93. The van der Waals surface area contributed by atoms with E-state index in [1.54, 1.807) is 11.3 Å². The Morgan fingerprint density at radius 1 is 1.69 bits per heavy atom. The van der Waals surface area contributed by atoms with Gasteiger partial charge in [0.05, 0.1) is 4.34 Å². The molecule has 1 nitrogen and oxygen atoms in total. The predicted octanol–water partition coefficient (Wildman–Crippen LogP) is 4.12. The highest BCUT2D eigenvalue weighted by Crippen LogP contribution is 2.39. The number of nitrogens with one attached hydrogen (secondary N) is 1. The monoisotopic (exact) mass is 275 g/mol. The van der Waals surface area contributed by atoms with Crippen LogP contribution in [0.25, 0.3) is 0 Å². The highest BCUT2D eigenvalue weighted by Gasteiger charge is 2.26. The lowest BCUT2D eigenvalue weighted by molar-refractivity contribution is 0.449. The summed E-state index contributed by atoms with van der Waals surface area (Å²) >= 11 is 9.73. The molecule has 0 fully saturated rings. The van der Waals surface area contributed by atoms with Gasteiger partial charge in [-0.25, -0.2) is 0 Å². The maximum Gasteiger partial charge on any atom is 0.0934 e. The molecule has 0 aromatic carbocycles. The zero-order valence-corrected chi connectivity index (χ0v) is 12.1. The molecule has 2 rings (SSSR count). The number of fused-ring (bicyclic) bond motifs is 1. The minimum absolute atomic E-state index is 0.538. The summed E-state index contributed by atoms with van der Waals surface area (Å²) in [5.74, 6) is 1.19. The third-order valence-corrected chi connectivity index (χ3v) is 5.22. The third kappa shape index (κ3) is 2.76. The molecule has 0 aliphatic heterocycles. The van der Waals surface area contributed by atoms with Crippen molar-refractivity contribution in [2.75, 3.05) is 12.0 Å². The lowest BCUT2D eigenvalue weighted by Crippen LogP contribution is -2.33. The van der Waals surface area contributed by atoms with Gasteiger partial charge in [0.25, 0.3) is 0 Å². The van der Waals surface area contributed by atoms with Crippen molar-refractivity contribution in [3.63, 3.8) is 0 Å². The summed E-state index contributed by atoms with van der Waals surface area (Å²) in [6.45, 7) is 2.25. The molecule has 0 radical (unpaired) electrons. The van der Waals surface area contributed by atoms with Gasteiger partial charge >= 0.3 is 0 Å². The average molecular weight is 276 g/mol. The Kier molecular flexibility index (Phi) is 4.59. The van der Waals surface area contributed by atoms with E-state index in [1.165, 1.54) is 35.5 Å². The molecular weight excluding hydrogens is 258 g/mol. The first-order valence-electron chi connectivity index (χ1n) is 5.77. The van der Waals surface area contributed by atoms with Crippen molar-refractivity contribution >= 4 is 34.7 Å². The van der Waals surface area contributed by atoms with Crippen LogP contribution in [0.3, 0.4) is 0 Å². The van der Waals surface area contributed by atoms with Crippen LogP contribution < -0.4 is 5.32 Å². The predicted molar refractivity (Wildman–Crippen MR) is 76.0 cm³/mol. The molecular formula is C12H18ClNS2. The van der Waals surface area contributed by atoms with E-state index in [1.807, 2.05) is 11.8 Å². The van der Waals surface area contributed by atoms with Gasteiger partial charge in [-0.15, -0.1) is 11.3 Å². The van der Waals surface area contributed by atoms with E-state index < -0.39 is 0 Å². The van der Waals surface area contributed by atoms with Crippen molar-refractivity contribution in [3.05, 3.63) is 20.8 Å². The summed E-state index contributed by atoms with van der Waals surface area (Å²) < 4.78 is 0.939. The highest BCUT2D eigenvalue weighted by molar-refractivity contribution is 7.98. The molecule has 2 atom stereocenters. The fraction of sp³-hybridized carbons (Fsp3) is 0.667. The van der Waals surface area contributed by atoms with Crippen LogP contribution in [0, 0.1) is 0 Å². The Bertz CT molecular complexity index is 351. The van der Waals surface area contributed by atoms with Crippen molar-refractivity contribution in [1.29, 1.82) is 0 Å². The summed E-state index contributed by atoms with van der Waals surface area (Å²) in [5.41, 5.74) is 1.45. The van der Waals surface area contributed by atoms with Gasteiger partial charge in [-0.05, 0) is 37.1 Å². The average Bonchev–Trinajstić information content (AvgIpc) is 2.78. The van der Waals surface area contributed by atoms with Crippen molar-refractivity contribution in [2.45, 2.75) is 38.3 Å². The Balaban J connectivity index is 2.01. The number of hydrogen-bond acceptors (Lipinski definition) is 3. The van der Waals surface area contributed by atoms with Gasteiger partial charge in [0.1, 0.15) is 0 Å². The van der Waals surface area contributed by atoms with E-state index in [4.69, 9.17) is 11.6 Å². The van der Waals surface area contributed by atoms with Crippen LogP contribution in [0.2, 0.25) is 4.34 Å². The molecule has 1 aromatic rings. The third-order valence-electron chi connectivity index (χ3n) is 3.14. The molecule has 2 unspecified atom stereocenters. The molecule has 16 heavy (non-hydrogen) atoms. The summed E-state index contributed by atoms with van der Waals surface area (Å²) in [6, 6.07) is 3.32. The first kappa shape index (κ1) is 12.7. The molecule has 0 bridgehead atoms. The first-order chi connectivity index (χ1) is 7.74. The number of rotatable bonds is 5. The Hall–Kier alpha value is 0.300. The molecule has 4 heteroatoms. The summed E-state index contributed by atoms with van der Waals surface area (Å²) in [6.07, 6.45) is 5.81. The normalized spacial score (nSPS) is 21.1. The van der Waals surface area contributed by atoms with Crippen molar-refractivity contribution in [3.8, 4) is 0 Å². The molecule has 90 valence electrons. The SMILES string of the molecule is CCC(CSC)NC1CCc2sc(Cl)cc21. The molecule has 1 N–H and O–H groups in total. The molecule has 0 amide bonds. The summed E-state index contributed by atoms with van der Waals surface area (Å²) in [4.78, 5) is 1.49. The second-order valence-electron chi connectivity index (χ2n) is 4.25. The number of thioether (sulfide) groups is 1. The van der Waals surface area contributed by atoms with Crippen molar-refractivity contribution in [1.82, 2.24) is 5.32 Å². The topological polar surface area (TPSA) is 12.0 Å². The van der Waals surface area contributed by atoms with Gasteiger partial charge < -0.3 is 5.32 Å². The van der Waals surface area contributed by atoms with Crippen LogP contribution in [0.1, 0.15) is 36.2 Å². The summed E-state index contributed by atoms with van der Waals surface area (Å²) in [5, 5.41) is 3.76. The zero-order chi connectivity index (χ0) is 11.5. The highest BCUT2D eigenvalue weighted by atomic mass is 35.5. The molecule has 1 aliphatic carbocycles. The minimum atomic E-state index is 0.538. The van der Waals surface area contributed by atoms with E-state index in [9.17, 15) is 0 Å². The van der Waals surface area contributed by atoms with Gasteiger partial charge in [0.15, 0.2) is 0 Å². The smallest absolute Gasteiger partial charge is 0.0934 e. The van der Waals surface area contributed by atoms with Crippen LogP contribution >= 0.6 is 34.7 Å². The largest absolute Gasteiger partial charge is 0.306 e. The van der Waals surface area contributed by atoms with Crippen LogP contribution in [0.15, 0.2) is 6.07 Å². The zero-order valence-electron chi connectivity index (χ0n) is 9.75. The van der Waals surface area contributed by atoms with E-state index in [-0.39, 0.29) is 0 Å². The standard InChI is InChI=1S/C12H18ClNS2/c1-3-8(7-15-2)14-10-4-5-11-9(10)6-12(13)16-11/h6,8,10,14H,3-5,7H2,1-2H3. The Morgan fingerprint density at radius 3 is 3.19 bits per heavy atom. The van der Waals surface area contributed by atoms with Crippen LogP contribution in [0.4, 0.5) is 0 Å². The Morgan fingerprint density at radius 2 is 2.50 bits per heavy atom. The van der Waals surface area contributed by atoms with Crippen LogP contribution in [-0.4, -0.2) is 18.1 Å². The van der Waals surface area contributed by atoms with E-state index >= 15 is 0 Å². The number of aryl methyl sites for hydroxylation is 1. The fourth-order valence-electron chi connectivity index (χ4n) is 2.27. The van der Waals surface area contributed by atoms with Gasteiger partial charge in [0, 0.05) is 22.7 Å². The van der Waals surface area contributed by atoms with Gasteiger partial charge in [-0.1, -0.05) is 18.5 Å². The Labute approximate surface area is 111 Å². The maximum absolute atomic E-state index is 6.06. The van der Waals surface area contributed by atoms with Gasteiger partial charge in [0.2, 0.25) is 0 Å². The van der Waals surface area contributed by atoms with E-state index in [0.717, 1.165) is 4.34 Å². The quantitative estimate of drug-likeness (QED) is 0.868. The molecule has 0 saturated carbocycles. The number of hydrogen-bond donors (Lipinski definition) is 1. The number of thiophene rings is 1. The molecule has 1 aliphatic rings. The molecule has 0 spiro atoms. The first-order valence-corrected chi connectivity index (χ1v) is 8.36. The molecule has 1 aromatic heterocycles. The van der Waals surface area contributed by atoms with Gasteiger partial charge in [-0.2, -0.15) is 11.8 Å². The van der Waals surface area contributed by atoms with Crippen LogP contribution in [-0.2, 0) is 6.42 Å². The summed E-state index contributed by atoms with van der Waals surface area (Å²) in [7, 11) is 0. The van der Waals surface area contributed by atoms with Gasteiger partial charge in [-0.3, -0.25) is 0 Å². The van der Waals surface area contributed by atoms with E-state index in [2.05, 4.69) is 24.6 Å². The van der Waals surface area contributed by atoms with Crippen LogP contribution in [0.5, 0.6) is 0 Å². The minimum Gasteiger partial charge on any atom is -0.306 e. The lowest BCUT2D eigenvalue weighted by atomic mass is 10.1. The lowest BCUT2D eigenvalue weighted by Gasteiger charge is -2.21. The number of halogens is 1. The van der Waals surface area contributed by atoms with Crippen molar-refractivity contribution in [2.24, 2.45) is 0 Å². The van der Waals surface area contributed by atoms with Crippen molar-refractivity contribution < 1.29 is 0 Å². The van der Waals surface area contributed by atoms with E-state index in [0.29, 0.717) is 12.1 Å².